The molecule has 0 saturated carbocycles. The highest BCUT2D eigenvalue weighted by Gasteiger charge is 2.07. The molecule has 24 heavy (non-hydrogen) atoms. The molecule has 0 atom stereocenters. The Balaban J connectivity index is 1.72. The zero-order chi connectivity index (χ0) is 17.2. The minimum atomic E-state index is -0.258. The van der Waals surface area contributed by atoms with Gasteiger partial charge in [-0.2, -0.15) is 0 Å². The number of rotatable bonds is 8. The maximum atomic E-state index is 11.8. The highest BCUT2D eigenvalue weighted by atomic mass is 16.5. The van der Waals surface area contributed by atoms with Gasteiger partial charge in [0, 0.05) is 18.7 Å². The Kier molecular flexibility index (Phi) is 6.98. The summed E-state index contributed by atoms with van der Waals surface area (Å²) in [5, 5.41) is 5.38. The number of amides is 2. The molecule has 2 N–H and O–H groups in total. The SMILES string of the molecule is CCOCc1ccc(CNC(=O)CNC(=O)c2ccccc2)cc1. The van der Waals surface area contributed by atoms with Gasteiger partial charge in [0.25, 0.3) is 5.91 Å². The van der Waals surface area contributed by atoms with E-state index in [-0.39, 0.29) is 18.4 Å². The summed E-state index contributed by atoms with van der Waals surface area (Å²) in [6, 6.07) is 16.7. The molecule has 5 nitrogen and oxygen atoms in total. The third kappa shape index (κ3) is 5.85. The van der Waals surface area contributed by atoms with Gasteiger partial charge in [0.2, 0.25) is 5.91 Å². The van der Waals surface area contributed by atoms with Crippen molar-refractivity contribution in [2.75, 3.05) is 13.2 Å². The minimum absolute atomic E-state index is 0.0455. The first-order valence-corrected chi connectivity index (χ1v) is 7.94. The van der Waals surface area contributed by atoms with E-state index in [0.717, 1.165) is 11.1 Å². The van der Waals surface area contributed by atoms with Gasteiger partial charge >= 0.3 is 0 Å². The lowest BCUT2D eigenvalue weighted by Gasteiger charge is -2.08. The number of hydrogen-bond acceptors (Lipinski definition) is 3. The lowest BCUT2D eigenvalue weighted by atomic mass is 10.1. The lowest BCUT2D eigenvalue weighted by molar-refractivity contribution is -0.120. The normalized spacial score (nSPS) is 10.2. The van der Waals surface area contributed by atoms with E-state index in [1.807, 2.05) is 37.3 Å². The van der Waals surface area contributed by atoms with E-state index in [4.69, 9.17) is 4.74 Å². The standard InChI is InChI=1S/C19H22N2O3/c1-2-24-14-16-10-8-15(9-11-16)12-20-18(22)13-21-19(23)17-6-4-3-5-7-17/h3-11H,2,12-14H2,1H3,(H,20,22)(H,21,23). The Morgan fingerprint density at radius 3 is 2.25 bits per heavy atom. The summed E-state index contributed by atoms with van der Waals surface area (Å²) >= 11 is 0. The summed E-state index contributed by atoms with van der Waals surface area (Å²) in [5.74, 6) is -0.483. The van der Waals surface area contributed by atoms with Crippen molar-refractivity contribution in [2.24, 2.45) is 0 Å². The number of hydrogen-bond donors (Lipinski definition) is 2. The van der Waals surface area contributed by atoms with Crippen LogP contribution in [0, 0.1) is 0 Å². The number of carbonyl (C=O) groups is 2. The Morgan fingerprint density at radius 1 is 0.917 bits per heavy atom. The van der Waals surface area contributed by atoms with Crippen molar-refractivity contribution in [3.63, 3.8) is 0 Å². The van der Waals surface area contributed by atoms with E-state index >= 15 is 0 Å². The molecule has 2 amide bonds. The molecule has 2 rings (SSSR count). The molecule has 0 aliphatic rings. The van der Waals surface area contributed by atoms with Crippen molar-refractivity contribution < 1.29 is 14.3 Å². The minimum Gasteiger partial charge on any atom is -0.377 e. The van der Waals surface area contributed by atoms with Gasteiger partial charge in [-0.3, -0.25) is 9.59 Å². The van der Waals surface area contributed by atoms with E-state index in [1.165, 1.54) is 0 Å². The summed E-state index contributed by atoms with van der Waals surface area (Å²) < 4.78 is 5.34. The van der Waals surface area contributed by atoms with Crippen LogP contribution < -0.4 is 10.6 Å². The Hall–Kier alpha value is -2.66. The fourth-order valence-corrected chi connectivity index (χ4v) is 2.09. The Bertz CT molecular complexity index is 654. The highest BCUT2D eigenvalue weighted by Crippen LogP contribution is 2.05. The summed E-state index contributed by atoms with van der Waals surface area (Å²) in [7, 11) is 0. The number of nitrogens with one attached hydrogen (secondary N) is 2. The average molecular weight is 326 g/mol. The molecule has 5 heteroatoms. The van der Waals surface area contributed by atoms with E-state index < -0.39 is 0 Å². The van der Waals surface area contributed by atoms with Crippen LogP contribution in [0.4, 0.5) is 0 Å². The van der Waals surface area contributed by atoms with E-state index in [1.54, 1.807) is 24.3 Å². The molecule has 0 aliphatic heterocycles. The molecule has 0 radical (unpaired) electrons. The number of carbonyl (C=O) groups excluding carboxylic acids is 2. The van der Waals surface area contributed by atoms with Gasteiger partial charge in [-0.1, -0.05) is 42.5 Å². The van der Waals surface area contributed by atoms with Gasteiger partial charge in [-0.15, -0.1) is 0 Å². The molecule has 2 aromatic rings. The fraction of sp³-hybridized carbons (Fsp3) is 0.263. The molecular weight excluding hydrogens is 304 g/mol. The maximum absolute atomic E-state index is 11.8. The largest absolute Gasteiger partial charge is 0.377 e. The van der Waals surface area contributed by atoms with Crippen LogP contribution in [0.2, 0.25) is 0 Å². The van der Waals surface area contributed by atoms with Crippen LogP contribution in [0.1, 0.15) is 28.4 Å². The number of benzene rings is 2. The number of ether oxygens (including phenoxy) is 1. The van der Waals surface area contributed by atoms with Crippen molar-refractivity contribution in [2.45, 2.75) is 20.1 Å². The van der Waals surface area contributed by atoms with Crippen molar-refractivity contribution in [3.8, 4) is 0 Å². The lowest BCUT2D eigenvalue weighted by Crippen LogP contribution is -2.36. The summed E-state index contributed by atoms with van der Waals surface area (Å²) in [5.41, 5.74) is 2.63. The molecule has 0 unspecified atom stereocenters. The van der Waals surface area contributed by atoms with Gasteiger partial charge in [0.1, 0.15) is 0 Å². The van der Waals surface area contributed by atoms with E-state index in [0.29, 0.717) is 25.3 Å². The van der Waals surface area contributed by atoms with Crippen molar-refractivity contribution in [1.29, 1.82) is 0 Å². The van der Waals surface area contributed by atoms with Gasteiger partial charge < -0.3 is 15.4 Å². The predicted octanol–water partition coefficient (Wildman–Crippen LogP) is 2.27. The molecular formula is C19H22N2O3. The third-order valence-electron chi connectivity index (χ3n) is 3.43. The van der Waals surface area contributed by atoms with Crippen molar-refractivity contribution >= 4 is 11.8 Å². The van der Waals surface area contributed by atoms with Crippen LogP contribution in [-0.2, 0) is 22.7 Å². The average Bonchev–Trinajstić information content (AvgIpc) is 2.64. The molecule has 0 spiro atoms. The summed E-state index contributed by atoms with van der Waals surface area (Å²) in [4.78, 5) is 23.7. The highest BCUT2D eigenvalue weighted by molar-refractivity contribution is 5.96. The van der Waals surface area contributed by atoms with Gasteiger partial charge in [-0.05, 0) is 30.2 Å². The van der Waals surface area contributed by atoms with Crippen molar-refractivity contribution in [3.05, 3.63) is 71.3 Å². The zero-order valence-corrected chi connectivity index (χ0v) is 13.7. The molecule has 0 saturated heterocycles. The first-order valence-electron chi connectivity index (χ1n) is 7.94. The first kappa shape index (κ1) is 17.7. The second-order valence-electron chi connectivity index (χ2n) is 5.28. The quantitative estimate of drug-likeness (QED) is 0.782. The third-order valence-corrected chi connectivity index (χ3v) is 3.43. The van der Waals surface area contributed by atoms with Crippen LogP contribution in [-0.4, -0.2) is 25.0 Å². The second kappa shape index (κ2) is 9.47. The van der Waals surface area contributed by atoms with Crippen LogP contribution in [0.15, 0.2) is 54.6 Å². The van der Waals surface area contributed by atoms with Crippen molar-refractivity contribution in [1.82, 2.24) is 10.6 Å². The summed E-state index contributed by atoms with van der Waals surface area (Å²) in [6.07, 6.45) is 0. The monoisotopic (exact) mass is 326 g/mol. The molecule has 126 valence electrons. The molecule has 0 aliphatic carbocycles. The topological polar surface area (TPSA) is 67.4 Å². The molecule has 0 aromatic heterocycles. The van der Waals surface area contributed by atoms with Crippen LogP contribution >= 0.6 is 0 Å². The van der Waals surface area contributed by atoms with Gasteiger partial charge in [0.15, 0.2) is 0 Å². The van der Waals surface area contributed by atoms with Gasteiger partial charge in [-0.25, -0.2) is 0 Å². The molecule has 0 bridgehead atoms. The first-order chi connectivity index (χ1) is 11.7. The molecule has 0 heterocycles. The second-order valence-corrected chi connectivity index (χ2v) is 5.28. The van der Waals surface area contributed by atoms with E-state index in [2.05, 4.69) is 10.6 Å². The molecule has 2 aromatic carbocycles. The predicted molar refractivity (Wildman–Crippen MR) is 92.4 cm³/mol. The molecule has 0 fully saturated rings. The van der Waals surface area contributed by atoms with Crippen LogP contribution in [0.25, 0.3) is 0 Å². The smallest absolute Gasteiger partial charge is 0.251 e. The Morgan fingerprint density at radius 2 is 1.58 bits per heavy atom. The Labute approximate surface area is 142 Å². The zero-order valence-electron chi connectivity index (χ0n) is 13.7. The van der Waals surface area contributed by atoms with Gasteiger partial charge in [0.05, 0.1) is 13.2 Å². The maximum Gasteiger partial charge on any atom is 0.251 e. The summed E-state index contributed by atoms with van der Waals surface area (Å²) in [6.45, 7) is 3.62. The fourth-order valence-electron chi connectivity index (χ4n) is 2.09. The van der Waals surface area contributed by atoms with E-state index in [9.17, 15) is 9.59 Å². The van der Waals surface area contributed by atoms with Crippen LogP contribution in [0.5, 0.6) is 0 Å². The van der Waals surface area contributed by atoms with Crippen LogP contribution in [0.3, 0.4) is 0 Å².